The Balaban J connectivity index is 2.33. The van der Waals surface area contributed by atoms with Gasteiger partial charge in [0.25, 0.3) is 5.91 Å². The number of hydrogen-bond acceptors (Lipinski definition) is 2. The van der Waals surface area contributed by atoms with Crippen LogP contribution in [0.25, 0.3) is 0 Å². The molecule has 0 bridgehead atoms. The molecule has 104 valence electrons. The smallest absolute Gasteiger partial charge is 0.254 e. The van der Waals surface area contributed by atoms with E-state index in [0.29, 0.717) is 6.04 Å². The molecule has 1 aromatic rings. The van der Waals surface area contributed by atoms with Gasteiger partial charge in [-0.2, -0.15) is 0 Å². The van der Waals surface area contributed by atoms with Crippen molar-refractivity contribution in [3.05, 3.63) is 29.3 Å². The van der Waals surface area contributed by atoms with E-state index in [4.69, 9.17) is 0 Å². The van der Waals surface area contributed by atoms with Crippen LogP contribution in [-0.2, 0) is 6.42 Å². The van der Waals surface area contributed by atoms with E-state index < -0.39 is 0 Å². The number of nitrogens with zero attached hydrogens (tertiary/aromatic N) is 1. The summed E-state index contributed by atoms with van der Waals surface area (Å²) in [6.07, 6.45) is 3.10. The van der Waals surface area contributed by atoms with E-state index in [-0.39, 0.29) is 5.91 Å². The van der Waals surface area contributed by atoms with Crippen LogP contribution in [0.2, 0.25) is 0 Å². The summed E-state index contributed by atoms with van der Waals surface area (Å²) in [5.41, 5.74) is 3.21. The average Bonchev–Trinajstić information content (AvgIpc) is 2.47. The molecule has 0 saturated carbocycles. The molecular weight excluding hydrogens is 236 g/mol. The van der Waals surface area contributed by atoms with E-state index in [1.165, 1.54) is 5.56 Å². The van der Waals surface area contributed by atoms with Crippen molar-refractivity contribution in [2.24, 2.45) is 0 Å². The minimum atomic E-state index is 0.178. The summed E-state index contributed by atoms with van der Waals surface area (Å²) in [7, 11) is 0. The van der Waals surface area contributed by atoms with Crippen molar-refractivity contribution in [3.8, 4) is 0 Å². The Morgan fingerprint density at radius 3 is 2.89 bits per heavy atom. The molecule has 1 atom stereocenters. The van der Waals surface area contributed by atoms with Gasteiger partial charge in [-0.25, -0.2) is 0 Å². The van der Waals surface area contributed by atoms with Gasteiger partial charge >= 0.3 is 0 Å². The third kappa shape index (κ3) is 2.75. The molecule has 0 aliphatic carbocycles. The van der Waals surface area contributed by atoms with Gasteiger partial charge in [-0.3, -0.25) is 4.79 Å². The molecule has 1 N–H and O–H groups in total. The maximum atomic E-state index is 12.7. The van der Waals surface area contributed by atoms with E-state index >= 15 is 0 Å². The fourth-order valence-corrected chi connectivity index (χ4v) is 2.74. The summed E-state index contributed by atoms with van der Waals surface area (Å²) in [5.74, 6) is 0.178. The van der Waals surface area contributed by atoms with Crippen LogP contribution < -0.4 is 5.32 Å². The van der Waals surface area contributed by atoms with Gasteiger partial charge in [-0.1, -0.05) is 13.0 Å². The SMILES string of the molecule is CCC(C)N(CC)C(=O)c1cccc2c1CCCN2. The van der Waals surface area contributed by atoms with Gasteiger partial charge in [-0.15, -0.1) is 0 Å². The first-order valence-corrected chi connectivity index (χ1v) is 7.35. The quantitative estimate of drug-likeness (QED) is 0.901. The third-order valence-electron chi connectivity index (χ3n) is 4.05. The number of hydrogen-bond donors (Lipinski definition) is 1. The van der Waals surface area contributed by atoms with Gasteiger partial charge in [0, 0.05) is 30.4 Å². The maximum absolute atomic E-state index is 12.7. The number of nitrogens with one attached hydrogen (secondary N) is 1. The van der Waals surface area contributed by atoms with Crippen LogP contribution >= 0.6 is 0 Å². The zero-order chi connectivity index (χ0) is 13.8. The van der Waals surface area contributed by atoms with Gasteiger partial charge in [0.15, 0.2) is 0 Å². The van der Waals surface area contributed by atoms with Gasteiger partial charge in [0.05, 0.1) is 0 Å². The zero-order valence-electron chi connectivity index (χ0n) is 12.2. The molecule has 0 spiro atoms. The van der Waals surface area contributed by atoms with Crippen LogP contribution in [0.1, 0.15) is 49.5 Å². The number of rotatable bonds is 4. The van der Waals surface area contributed by atoms with Crippen LogP contribution in [0.5, 0.6) is 0 Å². The first-order chi connectivity index (χ1) is 9.19. The summed E-state index contributed by atoms with van der Waals surface area (Å²) < 4.78 is 0. The Morgan fingerprint density at radius 1 is 1.42 bits per heavy atom. The number of amides is 1. The lowest BCUT2D eigenvalue weighted by atomic mass is 9.96. The molecular formula is C16H24N2O. The molecule has 1 heterocycles. The zero-order valence-corrected chi connectivity index (χ0v) is 12.2. The molecule has 1 aliphatic heterocycles. The van der Waals surface area contributed by atoms with Crippen LogP contribution in [0, 0.1) is 0 Å². The lowest BCUT2D eigenvalue weighted by molar-refractivity contribution is 0.0699. The number of carbonyl (C=O) groups excluding carboxylic acids is 1. The normalized spacial score (nSPS) is 15.3. The van der Waals surface area contributed by atoms with Gasteiger partial charge < -0.3 is 10.2 Å². The molecule has 1 aromatic carbocycles. The fourth-order valence-electron chi connectivity index (χ4n) is 2.74. The average molecular weight is 260 g/mol. The third-order valence-corrected chi connectivity index (χ3v) is 4.05. The van der Waals surface area contributed by atoms with Crippen molar-refractivity contribution in [3.63, 3.8) is 0 Å². The molecule has 2 rings (SSSR count). The highest BCUT2D eigenvalue weighted by molar-refractivity contribution is 5.97. The van der Waals surface area contributed by atoms with Gasteiger partial charge in [0.2, 0.25) is 0 Å². The second-order valence-corrected chi connectivity index (χ2v) is 5.21. The number of benzene rings is 1. The largest absolute Gasteiger partial charge is 0.385 e. The number of carbonyl (C=O) groups is 1. The van der Waals surface area contributed by atoms with Gasteiger partial charge in [0.1, 0.15) is 0 Å². The molecule has 3 nitrogen and oxygen atoms in total. The van der Waals surface area contributed by atoms with Crippen LogP contribution in [0.4, 0.5) is 5.69 Å². The number of fused-ring (bicyclic) bond motifs is 1. The summed E-state index contributed by atoms with van der Waals surface area (Å²) in [4.78, 5) is 14.7. The van der Waals surface area contributed by atoms with Crippen molar-refractivity contribution in [2.45, 2.75) is 46.1 Å². The fraction of sp³-hybridized carbons (Fsp3) is 0.562. The molecule has 1 unspecified atom stereocenters. The topological polar surface area (TPSA) is 32.3 Å². The Labute approximate surface area is 116 Å². The molecule has 0 aromatic heterocycles. The monoisotopic (exact) mass is 260 g/mol. The predicted octanol–water partition coefficient (Wildman–Crippen LogP) is 3.31. The first-order valence-electron chi connectivity index (χ1n) is 7.35. The first kappa shape index (κ1) is 13.9. The predicted molar refractivity (Wildman–Crippen MR) is 79.7 cm³/mol. The van der Waals surface area contributed by atoms with Crippen LogP contribution in [-0.4, -0.2) is 29.9 Å². The lowest BCUT2D eigenvalue weighted by Crippen LogP contribution is -2.38. The van der Waals surface area contributed by atoms with Crippen molar-refractivity contribution in [1.82, 2.24) is 4.90 Å². The molecule has 19 heavy (non-hydrogen) atoms. The highest BCUT2D eigenvalue weighted by atomic mass is 16.2. The summed E-state index contributed by atoms with van der Waals surface area (Å²) in [6, 6.07) is 6.32. The second-order valence-electron chi connectivity index (χ2n) is 5.21. The summed E-state index contributed by atoms with van der Waals surface area (Å²) in [6.45, 7) is 8.08. The van der Waals surface area contributed by atoms with Crippen LogP contribution in [0.3, 0.4) is 0 Å². The maximum Gasteiger partial charge on any atom is 0.254 e. The highest BCUT2D eigenvalue weighted by Crippen LogP contribution is 2.26. The molecule has 1 aliphatic rings. The van der Waals surface area contributed by atoms with Crippen molar-refractivity contribution >= 4 is 11.6 Å². The Bertz CT molecular complexity index is 456. The molecule has 0 fully saturated rings. The standard InChI is InChI=1S/C16H24N2O/c1-4-12(3)18(5-2)16(19)14-8-6-10-15-13(14)9-7-11-17-15/h6,8,10,12,17H,4-5,7,9,11H2,1-3H3. The molecule has 0 radical (unpaired) electrons. The Hall–Kier alpha value is -1.51. The lowest BCUT2D eigenvalue weighted by Gasteiger charge is -2.29. The summed E-state index contributed by atoms with van der Waals surface area (Å²) in [5, 5.41) is 3.39. The van der Waals surface area contributed by atoms with E-state index in [1.807, 2.05) is 17.0 Å². The van der Waals surface area contributed by atoms with Gasteiger partial charge in [-0.05, 0) is 50.8 Å². The molecule has 3 heteroatoms. The van der Waals surface area contributed by atoms with Crippen molar-refractivity contribution < 1.29 is 4.79 Å². The Kier molecular flexibility index (Phi) is 4.46. The minimum absolute atomic E-state index is 0.178. The van der Waals surface area contributed by atoms with Crippen molar-refractivity contribution in [1.29, 1.82) is 0 Å². The minimum Gasteiger partial charge on any atom is -0.385 e. The van der Waals surface area contributed by atoms with Crippen LogP contribution in [0.15, 0.2) is 18.2 Å². The highest BCUT2D eigenvalue weighted by Gasteiger charge is 2.23. The number of anilines is 1. The van der Waals surface area contributed by atoms with Crippen molar-refractivity contribution in [2.75, 3.05) is 18.4 Å². The second kappa shape index (κ2) is 6.09. The molecule has 1 amide bonds. The van der Waals surface area contributed by atoms with E-state index in [1.54, 1.807) is 0 Å². The Morgan fingerprint density at radius 2 is 2.21 bits per heavy atom. The van der Waals surface area contributed by atoms with E-state index in [2.05, 4.69) is 32.2 Å². The van der Waals surface area contributed by atoms with E-state index in [9.17, 15) is 4.79 Å². The molecule has 0 saturated heterocycles. The van der Waals surface area contributed by atoms with E-state index in [0.717, 1.165) is 43.6 Å². The summed E-state index contributed by atoms with van der Waals surface area (Å²) >= 11 is 0.